The SMILES string of the molecule is CC(C)COc1cc(C(N)=NO)c2ccccc2n1. The lowest BCUT2D eigenvalue weighted by atomic mass is 10.1. The summed E-state index contributed by atoms with van der Waals surface area (Å²) in [6.07, 6.45) is 0. The minimum Gasteiger partial charge on any atom is -0.477 e. The number of pyridine rings is 1. The second-order valence-corrected chi connectivity index (χ2v) is 4.72. The Labute approximate surface area is 111 Å². The summed E-state index contributed by atoms with van der Waals surface area (Å²) in [5.74, 6) is 0.933. The molecule has 0 aliphatic carbocycles. The smallest absolute Gasteiger partial charge is 0.214 e. The summed E-state index contributed by atoms with van der Waals surface area (Å²) in [7, 11) is 0. The Morgan fingerprint density at radius 2 is 2.16 bits per heavy atom. The van der Waals surface area contributed by atoms with Crippen molar-refractivity contribution in [2.75, 3.05) is 6.61 Å². The minimum atomic E-state index is 0.0491. The molecule has 0 radical (unpaired) electrons. The fourth-order valence-corrected chi connectivity index (χ4v) is 1.74. The number of hydrogen-bond donors (Lipinski definition) is 2. The normalized spacial score (nSPS) is 12.1. The number of oxime groups is 1. The van der Waals surface area contributed by atoms with Crippen LogP contribution >= 0.6 is 0 Å². The van der Waals surface area contributed by atoms with Gasteiger partial charge in [-0.2, -0.15) is 0 Å². The molecular weight excluding hydrogens is 242 g/mol. The number of ether oxygens (including phenoxy) is 1. The molecule has 0 saturated carbocycles. The molecule has 0 saturated heterocycles. The Morgan fingerprint density at radius 3 is 2.84 bits per heavy atom. The van der Waals surface area contributed by atoms with Crippen LogP contribution in [0.3, 0.4) is 0 Å². The van der Waals surface area contributed by atoms with Crippen LogP contribution in [0.5, 0.6) is 5.88 Å². The molecule has 100 valence electrons. The van der Waals surface area contributed by atoms with Gasteiger partial charge in [-0.25, -0.2) is 4.98 Å². The Balaban J connectivity index is 2.50. The van der Waals surface area contributed by atoms with E-state index in [2.05, 4.69) is 24.0 Å². The topological polar surface area (TPSA) is 80.7 Å². The van der Waals surface area contributed by atoms with E-state index >= 15 is 0 Å². The van der Waals surface area contributed by atoms with Crippen molar-refractivity contribution in [2.45, 2.75) is 13.8 Å². The van der Waals surface area contributed by atoms with Gasteiger partial charge in [-0.15, -0.1) is 0 Å². The molecule has 0 atom stereocenters. The molecule has 0 unspecified atom stereocenters. The molecule has 5 heteroatoms. The maximum Gasteiger partial charge on any atom is 0.214 e. The number of hydrogen-bond acceptors (Lipinski definition) is 4. The van der Waals surface area contributed by atoms with Crippen LogP contribution in [0.1, 0.15) is 19.4 Å². The summed E-state index contributed by atoms with van der Waals surface area (Å²) >= 11 is 0. The molecule has 0 fully saturated rings. The third kappa shape index (κ3) is 2.93. The molecule has 0 bridgehead atoms. The Bertz CT molecular complexity index is 609. The fraction of sp³-hybridized carbons (Fsp3) is 0.286. The first-order valence-electron chi connectivity index (χ1n) is 6.12. The number of amidine groups is 1. The average molecular weight is 259 g/mol. The van der Waals surface area contributed by atoms with E-state index < -0.39 is 0 Å². The van der Waals surface area contributed by atoms with Gasteiger partial charge in [0.2, 0.25) is 5.88 Å². The van der Waals surface area contributed by atoms with Crippen LogP contribution in [-0.2, 0) is 0 Å². The number of fused-ring (bicyclic) bond motifs is 1. The van der Waals surface area contributed by atoms with Gasteiger partial charge in [0.05, 0.1) is 12.1 Å². The quantitative estimate of drug-likeness (QED) is 0.382. The van der Waals surface area contributed by atoms with Crippen molar-refractivity contribution in [1.29, 1.82) is 0 Å². The van der Waals surface area contributed by atoms with Gasteiger partial charge in [-0.1, -0.05) is 37.2 Å². The molecule has 1 aromatic carbocycles. The van der Waals surface area contributed by atoms with Gasteiger partial charge in [0, 0.05) is 17.0 Å². The molecule has 1 aromatic heterocycles. The first kappa shape index (κ1) is 13.1. The molecule has 0 aliphatic rings. The number of benzene rings is 1. The van der Waals surface area contributed by atoms with Crippen molar-refractivity contribution in [3.63, 3.8) is 0 Å². The van der Waals surface area contributed by atoms with E-state index in [4.69, 9.17) is 15.7 Å². The zero-order valence-electron chi connectivity index (χ0n) is 11.0. The third-order valence-electron chi connectivity index (χ3n) is 2.64. The molecular formula is C14H17N3O2. The van der Waals surface area contributed by atoms with Gasteiger partial charge in [-0.3, -0.25) is 0 Å². The van der Waals surface area contributed by atoms with Crippen LogP contribution in [0.15, 0.2) is 35.5 Å². The Kier molecular flexibility index (Phi) is 3.85. The largest absolute Gasteiger partial charge is 0.477 e. The van der Waals surface area contributed by atoms with Crippen molar-refractivity contribution < 1.29 is 9.94 Å². The Morgan fingerprint density at radius 1 is 1.42 bits per heavy atom. The van der Waals surface area contributed by atoms with Crippen LogP contribution in [0.25, 0.3) is 10.9 Å². The summed E-state index contributed by atoms with van der Waals surface area (Å²) in [6.45, 7) is 4.69. The lowest BCUT2D eigenvalue weighted by Crippen LogP contribution is -2.15. The third-order valence-corrected chi connectivity index (χ3v) is 2.64. The highest BCUT2D eigenvalue weighted by Crippen LogP contribution is 2.22. The number of para-hydroxylation sites is 1. The number of nitrogens with zero attached hydrogens (tertiary/aromatic N) is 2. The molecule has 19 heavy (non-hydrogen) atoms. The van der Waals surface area contributed by atoms with Crippen LogP contribution in [0.4, 0.5) is 0 Å². The van der Waals surface area contributed by atoms with Crippen LogP contribution in [-0.4, -0.2) is 22.6 Å². The molecule has 0 aliphatic heterocycles. The zero-order valence-corrected chi connectivity index (χ0v) is 11.0. The minimum absolute atomic E-state index is 0.0491. The highest BCUT2D eigenvalue weighted by atomic mass is 16.5. The summed E-state index contributed by atoms with van der Waals surface area (Å²) in [5.41, 5.74) is 7.07. The van der Waals surface area contributed by atoms with Gasteiger partial charge >= 0.3 is 0 Å². The first-order chi connectivity index (χ1) is 9.11. The molecule has 0 amide bonds. The van der Waals surface area contributed by atoms with Gasteiger partial charge in [0.25, 0.3) is 0 Å². The van der Waals surface area contributed by atoms with Crippen molar-refractivity contribution >= 4 is 16.7 Å². The number of aromatic nitrogens is 1. The van der Waals surface area contributed by atoms with E-state index in [-0.39, 0.29) is 5.84 Å². The van der Waals surface area contributed by atoms with Gasteiger partial charge in [0.1, 0.15) is 0 Å². The molecule has 0 spiro atoms. The van der Waals surface area contributed by atoms with E-state index in [0.29, 0.717) is 24.0 Å². The Hall–Kier alpha value is -2.30. The molecule has 3 N–H and O–H groups in total. The fourth-order valence-electron chi connectivity index (χ4n) is 1.74. The molecule has 2 aromatic rings. The molecule has 1 heterocycles. The van der Waals surface area contributed by atoms with Crippen molar-refractivity contribution in [3.8, 4) is 5.88 Å². The first-order valence-corrected chi connectivity index (χ1v) is 6.12. The summed E-state index contributed by atoms with van der Waals surface area (Å²) in [6, 6.07) is 9.21. The number of rotatable bonds is 4. The zero-order chi connectivity index (χ0) is 13.8. The average Bonchev–Trinajstić information content (AvgIpc) is 2.43. The van der Waals surface area contributed by atoms with Crippen molar-refractivity contribution in [2.24, 2.45) is 16.8 Å². The summed E-state index contributed by atoms with van der Waals surface area (Å²) in [4.78, 5) is 4.41. The molecule has 5 nitrogen and oxygen atoms in total. The monoisotopic (exact) mass is 259 g/mol. The standard InChI is InChI=1S/C14H17N3O2/c1-9(2)8-19-13-7-11(14(15)17-18)10-5-3-4-6-12(10)16-13/h3-7,9,18H,8H2,1-2H3,(H2,15,17). The van der Waals surface area contributed by atoms with E-state index in [9.17, 15) is 0 Å². The second-order valence-electron chi connectivity index (χ2n) is 4.72. The lowest BCUT2D eigenvalue weighted by molar-refractivity contribution is 0.262. The highest BCUT2D eigenvalue weighted by molar-refractivity contribution is 6.08. The van der Waals surface area contributed by atoms with Gasteiger partial charge in [-0.05, 0) is 12.0 Å². The second kappa shape index (κ2) is 5.56. The number of nitrogens with two attached hydrogens (primary N) is 1. The van der Waals surface area contributed by atoms with Crippen molar-refractivity contribution in [1.82, 2.24) is 4.98 Å². The lowest BCUT2D eigenvalue weighted by Gasteiger charge is -2.11. The summed E-state index contributed by atoms with van der Waals surface area (Å²) in [5, 5.41) is 12.7. The van der Waals surface area contributed by atoms with Crippen LogP contribution in [0, 0.1) is 5.92 Å². The van der Waals surface area contributed by atoms with Crippen molar-refractivity contribution in [3.05, 3.63) is 35.9 Å². The molecule has 2 rings (SSSR count). The van der Waals surface area contributed by atoms with Crippen LogP contribution < -0.4 is 10.5 Å². The predicted octanol–water partition coefficient (Wildman–Crippen LogP) is 2.36. The van der Waals surface area contributed by atoms with E-state index in [1.807, 2.05) is 24.3 Å². The van der Waals surface area contributed by atoms with Crippen LogP contribution in [0.2, 0.25) is 0 Å². The van der Waals surface area contributed by atoms with E-state index in [1.165, 1.54) is 0 Å². The summed E-state index contributed by atoms with van der Waals surface area (Å²) < 4.78 is 5.61. The maximum atomic E-state index is 8.86. The van der Waals surface area contributed by atoms with Gasteiger partial charge in [0.15, 0.2) is 5.84 Å². The highest BCUT2D eigenvalue weighted by Gasteiger charge is 2.10. The van der Waals surface area contributed by atoms with Gasteiger partial charge < -0.3 is 15.7 Å². The van der Waals surface area contributed by atoms with E-state index in [1.54, 1.807) is 6.07 Å². The van der Waals surface area contributed by atoms with E-state index in [0.717, 1.165) is 10.9 Å². The maximum absolute atomic E-state index is 8.86. The predicted molar refractivity (Wildman–Crippen MR) is 74.6 cm³/mol.